The standard InChI is InChI=1S/C38H25NO2/c1-4-10-35-30(7-1)31-8-2-5-11-36(31)39(35)28-16-13-26-22-40-23-27-19-24(14-17-29(27)34(26)21-28)25-15-18-33-32-9-3-6-12-37(32)41-38(33)20-25/h1-21H,22-23H2. The summed E-state index contributed by atoms with van der Waals surface area (Å²) < 4.78 is 14.8. The summed E-state index contributed by atoms with van der Waals surface area (Å²) in [4.78, 5) is 0. The number of aromatic nitrogens is 1. The van der Waals surface area contributed by atoms with E-state index in [0.29, 0.717) is 13.2 Å². The highest BCUT2D eigenvalue weighted by Crippen LogP contribution is 2.39. The molecule has 3 nitrogen and oxygen atoms in total. The first-order valence-electron chi connectivity index (χ1n) is 14.1. The number of para-hydroxylation sites is 3. The zero-order valence-corrected chi connectivity index (χ0v) is 22.3. The second-order valence-corrected chi connectivity index (χ2v) is 10.9. The van der Waals surface area contributed by atoms with E-state index in [9.17, 15) is 0 Å². The van der Waals surface area contributed by atoms with Crippen LogP contribution < -0.4 is 0 Å². The van der Waals surface area contributed by atoms with Gasteiger partial charge in [-0.05, 0) is 81.9 Å². The lowest BCUT2D eigenvalue weighted by Gasteiger charge is -2.14. The molecule has 0 spiro atoms. The van der Waals surface area contributed by atoms with Crippen molar-refractivity contribution in [2.45, 2.75) is 13.2 Å². The molecule has 2 aromatic heterocycles. The maximum atomic E-state index is 6.19. The van der Waals surface area contributed by atoms with E-state index in [0.717, 1.165) is 38.8 Å². The molecule has 194 valence electrons. The van der Waals surface area contributed by atoms with Gasteiger partial charge < -0.3 is 13.7 Å². The van der Waals surface area contributed by atoms with Gasteiger partial charge in [0.05, 0.1) is 24.2 Å². The van der Waals surface area contributed by atoms with E-state index in [1.54, 1.807) is 0 Å². The van der Waals surface area contributed by atoms with Crippen molar-refractivity contribution in [2.75, 3.05) is 0 Å². The molecule has 0 saturated heterocycles. The number of benzene rings is 6. The molecule has 6 aromatic carbocycles. The van der Waals surface area contributed by atoms with E-state index >= 15 is 0 Å². The first-order chi connectivity index (χ1) is 20.3. The topological polar surface area (TPSA) is 27.3 Å². The van der Waals surface area contributed by atoms with Crippen molar-refractivity contribution >= 4 is 43.7 Å². The van der Waals surface area contributed by atoms with Crippen LogP contribution in [-0.4, -0.2) is 4.57 Å². The highest BCUT2D eigenvalue weighted by atomic mass is 16.5. The summed E-state index contributed by atoms with van der Waals surface area (Å²) in [5.41, 5.74) is 12.6. The molecule has 3 heterocycles. The van der Waals surface area contributed by atoms with Gasteiger partial charge in [0.1, 0.15) is 11.2 Å². The van der Waals surface area contributed by atoms with Gasteiger partial charge >= 0.3 is 0 Å². The van der Waals surface area contributed by atoms with Crippen LogP contribution in [0.2, 0.25) is 0 Å². The molecule has 1 aliphatic rings. The zero-order chi connectivity index (χ0) is 26.9. The third-order valence-electron chi connectivity index (χ3n) is 8.55. The van der Waals surface area contributed by atoms with E-state index in [2.05, 4.69) is 120 Å². The van der Waals surface area contributed by atoms with Crippen LogP contribution in [0, 0.1) is 0 Å². The Morgan fingerprint density at radius 3 is 1.95 bits per heavy atom. The van der Waals surface area contributed by atoms with E-state index in [4.69, 9.17) is 9.15 Å². The Morgan fingerprint density at radius 1 is 0.463 bits per heavy atom. The summed E-state index contributed by atoms with van der Waals surface area (Å²) in [5.74, 6) is 0. The molecule has 3 heteroatoms. The van der Waals surface area contributed by atoms with E-state index < -0.39 is 0 Å². The summed E-state index contributed by atoms with van der Waals surface area (Å²) in [6.45, 7) is 1.17. The average Bonchev–Trinajstić information content (AvgIpc) is 3.50. The molecule has 0 unspecified atom stereocenters. The Hall–Kier alpha value is -5.12. The summed E-state index contributed by atoms with van der Waals surface area (Å²) >= 11 is 0. The Balaban J connectivity index is 1.18. The fourth-order valence-corrected chi connectivity index (χ4v) is 6.61. The number of nitrogens with zero attached hydrogens (tertiary/aromatic N) is 1. The summed E-state index contributed by atoms with van der Waals surface area (Å²) in [6, 6.07) is 45.6. The van der Waals surface area contributed by atoms with Gasteiger partial charge in [0.15, 0.2) is 0 Å². The number of rotatable bonds is 2. The fourth-order valence-electron chi connectivity index (χ4n) is 6.61. The Morgan fingerprint density at radius 2 is 1.12 bits per heavy atom. The lowest BCUT2D eigenvalue weighted by Crippen LogP contribution is -1.97. The zero-order valence-electron chi connectivity index (χ0n) is 22.3. The van der Waals surface area contributed by atoms with Crippen molar-refractivity contribution in [1.82, 2.24) is 4.57 Å². The van der Waals surface area contributed by atoms with Crippen LogP contribution >= 0.6 is 0 Å². The van der Waals surface area contributed by atoms with Crippen molar-refractivity contribution in [3.8, 4) is 27.9 Å². The monoisotopic (exact) mass is 527 g/mol. The molecule has 0 bridgehead atoms. The highest BCUT2D eigenvalue weighted by molar-refractivity contribution is 6.09. The number of furan rings is 1. The highest BCUT2D eigenvalue weighted by Gasteiger charge is 2.19. The van der Waals surface area contributed by atoms with Gasteiger partial charge in [-0.2, -0.15) is 0 Å². The molecule has 0 atom stereocenters. The van der Waals surface area contributed by atoms with Crippen molar-refractivity contribution < 1.29 is 9.15 Å². The van der Waals surface area contributed by atoms with Gasteiger partial charge in [-0.1, -0.05) is 78.9 Å². The minimum atomic E-state index is 0.579. The molecule has 41 heavy (non-hydrogen) atoms. The molecule has 1 aliphatic heterocycles. The van der Waals surface area contributed by atoms with Crippen LogP contribution in [0.25, 0.3) is 71.7 Å². The second-order valence-electron chi connectivity index (χ2n) is 10.9. The van der Waals surface area contributed by atoms with Gasteiger partial charge in [-0.15, -0.1) is 0 Å². The van der Waals surface area contributed by atoms with Crippen LogP contribution in [0.1, 0.15) is 11.1 Å². The minimum absolute atomic E-state index is 0.579. The molecule has 8 aromatic rings. The molecule has 0 fully saturated rings. The quantitative estimate of drug-likeness (QED) is 0.224. The first-order valence-corrected chi connectivity index (χ1v) is 14.1. The Labute approximate surface area is 236 Å². The normalized spacial score (nSPS) is 13.1. The Bertz CT molecular complexity index is 2250. The van der Waals surface area contributed by atoms with Gasteiger partial charge in [0.2, 0.25) is 0 Å². The first kappa shape index (κ1) is 22.7. The molecule has 0 N–H and O–H groups in total. The van der Waals surface area contributed by atoms with Crippen molar-refractivity contribution in [3.63, 3.8) is 0 Å². The number of hydrogen-bond acceptors (Lipinski definition) is 2. The smallest absolute Gasteiger partial charge is 0.136 e. The van der Waals surface area contributed by atoms with Crippen LogP contribution in [0.15, 0.2) is 132 Å². The van der Waals surface area contributed by atoms with Crippen LogP contribution in [-0.2, 0) is 18.0 Å². The fraction of sp³-hybridized carbons (Fsp3) is 0.0526. The largest absolute Gasteiger partial charge is 0.456 e. The van der Waals surface area contributed by atoms with Crippen LogP contribution in [0.5, 0.6) is 0 Å². The summed E-state index contributed by atoms with van der Waals surface area (Å²) in [7, 11) is 0. The number of fused-ring (bicyclic) bond motifs is 9. The molecule has 0 radical (unpaired) electrons. The molecular formula is C38H25NO2. The lowest BCUT2D eigenvalue weighted by molar-refractivity contribution is 0.110. The summed E-state index contributed by atoms with van der Waals surface area (Å²) in [6.07, 6.45) is 0. The molecule has 0 aliphatic carbocycles. The van der Waals surface area contributed by atoms with E-state index in [1.165, 1.54) is 44.1 Å². The van der Waals surface area contributed by atoms with E-state index in [1.807, 2.05) is 12.1 Å². The minimum Gasteiger partial charge on any atom is -0.456 e. The second kappa shape index (κ2) is 8.69. The predicted molar refractivity (Wildman–Crippen MR) is 167 cm³/mol. The molecule has 9 rings (SSSR count). The average molecular weight is 528 g/mol. The molecule has 0 saturated carbocycles. The number of hydrogen-bond donors (Lipinski definition) is 0. The maximum Gasteiger partial charge on any atom is 0.136 e. The SMILES string of the molecule is c1ccc2c(c1)oc1cc(-c3ccc4c(c3)COCc3ccc(-n5c6ccccc6c6ccccc65)cc3-4)ccc12. The molecule has 0 amide bonds. The Kier molecular flexibility index (Phi) is 4.80. The van der Waals surface area contributed by atoms with Gasteiger partial charge in [-0.3, -0.25) is 0 Å². The summed E-state index contributed by atoms with van der Waals surface area (Å²) in [5, 5.41) is 4.84. The van der Waals surface area contributed by atoms with Gasteiger partial charge in [0.25, 0.3) is 0 Å². The van der Waals surface area contributed by atoms with Gasteiger partial charge in [0, 0.05) is 27.2 Å². The molecular weight excluding hydrogens is 502 g/mol. The van der Waals surface area contributed by atoms with Gasteiger partial charge in [-0.25, -0.2) is 0 Å². The van der Waals surface area contributed by atoms with Crippen molar-refractivity contribution in [3.05, 3.63) is 139 Å². The predicted octanol–water partition coefficient (Wildman–Crippen LogP) is 10.0. The van der Waals surface area contributed by atoms with Crippen LogP contribution in [0.4, 0.5) is 0 Å². The third kappa shape index (κ3) is 3.43. The third-order valence-corrected chi connectivity index (χ3v) is 8.55. The maximum absolute atomic E-state index is 6.19. The van der Waals surface area contributed by atoms with Crippen LogP contribution in [0.3, 0.4) is 0 Å². The number of ether oxygens (including phenoxy) is 1. The van der Waals surface area contributed by atoms with Crippen molar-refractivity contribution in [1.29, 1.82) is 0 Å². The van der Waals surface area contributed by atoms with Crippen molar-refractivity contribution in [2.24, 2.45) is 0 Å². The lowest BCUT2D eigenvalue weighted by atomic mass is 9.93. The van der Waals surface area contributed by atoms with E-state index in [-0.39, 0.29) is 0 Å².